The number of benzene rings is 1. The normalized spacial score (nSPS) is 33.6. The van der Waals surface area contributed by atoms with E-state index in [-0.39, 0.29) is 18.1 Å². The smallest absolute Gasteiger partial charge is 0.219 e. The molecule has 2 saturated heterocycles. The third kappa shape index (κ3) is 4.61. The SMILES string of the molecule is CC(=O)N1CCCC[C@H]2CN([C@H]3CCC[C@@H](Oc4ccc(C)cc4)[C@@H]3O)CC[C@H]21. The Balaban J connectivity index is 1.41. The van der Waals surface area contributed by atoms with Gasteiger partial charge in [-0.25, -0.2) is 0 Å². The maximum atomic E-state index is 12.1. The molecule has 4 rings (SSSR count). The van der Waals surface area contributed by atoms with Crippen molar-refractivity contribution in [3.8, 4) is 5.75 Å². The van der Waals surface area contributed by atoms with Gasteiger partial charge >= 0.3 is 0 Å². The summed E-state index contributed by atoms with van der Waals surface area (Å²) in [7, 11) is 0. The second kappa shape index (κ2) is 9.05. The number of aryl methyl sites for hydroxylation is 1. The highest BCUT2D eigenvalue weighted by atomic mass is 16.5. The molecule has 0 bridgehead atoms. The number of aliphatic hydroxyl groups is 1. The van der Waals surface area contributed by atoms with Crippen LogP contribution in [-0.2, 0) is 4.79 Å². The van der Waals surface area contributed by atoms with Crippen LogP contribution in [0.5, 0.6) is 5.75 Å². The molecule has 1 aliphatic carbocycles. The Labute approximate surface area is 175 Å². The van der Waals surface area contributed by atoms with Crippen LogP contribution in [-0.4, -0.2) is 64.7 Å². The molecule has 1 N–H and O–H groups in total. The minimum atomic E-state index is -0.462. The van der Waals surface area contributed by atoms with E-state index in [1.165, 1.54) is 18.4 Å². The van der Waals surface area contributed by atoms with Gasteiger partial charge in [-0.1, -0.05) is 24.1 Å². The Bertz CT molecular complexity index is 692. The molecule has 0 unspecified atom stereocenters. The summed E-state index contributed by atoms with van der Waals surface area (Å²) in [5.41, 5.74) is 1.21. The molecule has 5 heteroatoms. The van der Waals surface area contributed by atoms with Gasteiger partial charge in [0.1, 0.15) is 18.0 Å². The van der Waals surface area contributed by atoms with Crippen molar-refractivity contribution < 1.29 is 14.6 Å². The zero-order valence-corrected chi connectivity index (χ0v) is 17.9. The van der Waals surface area contributed by atoms with Crippen molar-refractivity contribution in [1.82, 2.24) is 9.80 Å². The van der Waals surface area contributed by atoms with Crippen molar-refractivity contribution in [3.63, 3.8) is 0 Å². The van der Waals surface area contributed by atoms with Gasteiger partial charge in [0.05, 0.1) is 0 Å². The van der Waals surface area contributed by atoms with E-state index in [4.69, 9.17) is 4.74 Å². The zero-order valence-electron chi connectivity index (χ0n) is 17.9. The van der Waals surface area contributed by atoms with Gasteiger partial charge in [0.25, 0.3) is 0 Å². The first-order valence-corrected chi connectivity index (χ1v) is 11.5. The molecule has 2 aliphatic heterocycles. The monoisotopic (exact) mass is 400 g/mol. The van der Waals surface area contributed by atoms with E-state index >= 15 is 0 Å². The van der Waals surface area contributed by atoms with E-state index < -0.39 is 6.10 Å². The number of fused-ring (bicyclic) bond motifs is 1. The van der Waals surface area contributed by atoms with Gasteiger partial charge in [0.2, 0.25) is 5.91 Å². The van der Waals surface area contributed by atoms with E-state index in [1.807, 2.05) is 12.1 Å². The number of amides is 1. The first-order chi connectivity index (χ1) is 14.0. The average molecular weight is 401 g/mol. The van der Waals surface area contributed by atoms with E-state index in [0.29, 0.717) is 12.0 Å². The second-order valence-corrected chi connectivity index (χ2v) is 9.28. The highest BCUT2D eigenvalue weighted by Gasteiger charge is 2.42. The average Bonchev–Trinajstić information content (AvgIpc) is 2.93. The predicted molar refractivity (Wildman–Crippen MR) is 114 cm³/mol. The molecule has 0 spiro atoms. The van der Waals surface area contributed by atoms with Crippen LogP contribution in [0.2, 0.25) is 0 Å². The number of carbonyl (C=O) groups is 1. The van der Waals surface area contributed by atoms with Gasteiger partial charge < -0.3 is 14.7 Å². The number of hydrogen-bond donors (Lipinski definition) is 1. The topological polar surface area (TPSA) is 53.0 Å². The number of aliphatic hydroxyl groups excluding tert-OH is 1. The van der Waals surface area contributed by atoms with Crippen molar-refractivity contribution in [3.05, 3.63) is 29.8 Å². The Morgan fingerprint density at radius 3 is 2.55 bits per heavy atom. The highest BCUT2D eigenvalue weighted by Crippen LogP contribution is 2.34. The van der Waals surface area contributed by atoms with Crippen LogP contribution in [0.3, 0.4) is 0 Å². The molecule has 1 aromatic carbocycles. The largest absolute Gasteiger partial charge is 0.488 e. The van der Waals surface area contributed by atoms with Crippen molar-refractivity contribution in [2.24, 2.45) is 5.92 Å². The van der Waals surface area contributed by atoms with Crippen molar-refractivity contribution in [1.29, 1.82) is 0 Å². The van der Waals surface area contributed by atoms with Crippen LogP contribution in [0.1, 0.15) is 57.4 Å². The summed E-state index contributed by atoms with van der Waals surface area (Å²) in [6.07, 6.45) is 6.95. The van der Waals surface area contributed by atoms with Crippen LogP contribution in [0.4, 0.5) is 0 Å². The van der Waals surface area contributed by atoms with Crippen molar-refractivity contribution >= 4 is 5.91 Å². The molecule has 2 heterocycles. The number of rotatable bonds is 3. The summed E-state index contributed by atoms with van der Waals surface area (Å²) in [4.78, 5) is 16.8. The number of piperidine rings is 1. The van der Waals surface area contributed by atoms with E-state index in [9.17, 15) is 9.90 Å². The van der Waals surface area contributed by atoms with Crippen molar-refractivity contribution in [2.75, 3.05) is 19.6 Å². The maximum Gasteiger partial charge on any atom is 0.219 e. The van der Waals surface area contributed by atoms with Crippen LogP contribution in [0, 0.1) is 12.8 Å². The summed E-state index contributed by atoms with van der Waals surface area (Å²) >= 11 is 0. The van der Waals surface area contributed by atoms with Gasteiger partial charge in [-0.3, -0.25) is 9.69 Å². The molecule has 0 radical (unpaired) electrons. The highest BCUT2D eigenvalue weighted by molar-refractivity contribution is 5.73. The van der Waals surface area contributed by atoms with Gasteiger partial charge in [-0.05, 0) is 63.5 Å². The second-order valence-electron chi connectivity index (χ2n) is 9.28. The van der Waals surface area contributed by atoms with E-state index in [1.54, 1.807) is 6.92 Å². The number of hydrogen-bond acceptors (Lipinski definition) is 4. The lowest BCUT2D eigenvalue weighted by Crippen LogP contribution is -2.59. The fourth-order valence-corrected chi connectivity index (χ4v) is 5.72. The van der Waals surface area contributed by atoms with Gasteiger partial charge in [0, 0.05) is 38.6 Å². The molecule has 29 heavy (non-hydrogen) atoms. The Morgan fingerprint density at radius 1 is 1.00 bits per heavy atom. The lowest BCUT2D eigenvalue weighted by Gasteiger charge is -2.48. The minimum absolute atomic E-state index is 0.142. The quantitative estimate of drug-likeness (QED) is 0.845. The molecule has 1 aromatic rings. The molecule has 1 amide bonds. The van der Waals surface area contributed by atoms with Crippen LogP contribution in [0.25, 0.3) is 0 Å². The molecule has 3 fully saturated rings. The Hall–Kier alpha value is -1.59. The molecule has 0 aromatic heterocycles. The first kappa shape index (κ1) is 20.7. The summed E-state index contributed by atoms with van der Waals surface area (Å²) in [5.74, 6) is 1.60. The van der Waals surface area contributed by atoms with Crippen LogP contribution in [0.15, 0.2) is 24.3 Å². The zero-order chi connectivity index (χ0) is 20.4. The maximum absolute atomic E-state index is 12.1. The van der Waals surface area contributed by atoms with E-state index in [2.05, 4.69) is 28.9 Å². The first-order valence-electron chi connectivity index (χ1n) is 11.5. The Kier molecular flexibility index (Phi) is 6.45. The Morgan fingerprint density at radius 2 is 1.79 bits per heavy atom. The van der Waals surface area contributed by atoms with Gasteiger partial charge in [-0.2, -0.15) is 0 Å². The minimum Gasteiger partial charge on any atom is -0.488 e. The molecular weight excluding hydrogens is 364 g/mol. The van der Waals surface area contributed by atoms with Crippen molar-refractivity contribution in [2.45, 2.75) is 83.1 Å². The molecule has 5 nitrogen and oxygen atoms in total. The van der Waals surface area contributed by atoms with Crippen LogP contribution < -0.4 is 4.74 Å². The number of nitrogens with zero attached hydrogens (tertiary/aromatic N) is 2. The predicted octanol–water partition coefficient (Wildman–Crippen LogP) is 3.38. The molecule has 1 saturated carbocycles. The third-order valence-electron chi connectivity index (χ3n) is 7.30. The summed E-state index contributed by atoms with van der Waals surface area (Å²) in [5, 5.41) is 11.2. The summed E-state index contributed by atoms with van der Waals surface area (Å²) in [6.45, 7) is 6.65. The lowest BCUT2D eigenvalue weighted by atomic mass is 9.83. The van der Waals surface area contributed by atoms with Gasteiger partial charge in [-0.15, -0.1) is 0 Å². The van der Waals surface area contributed by atoms with E-state index in [0.717, 1.165) is 57.5 Å². The fraction of sp³-hybridized carbons (Fsp3) is 0.708. The molecule has 5 atom stereocenters. The van der Waals surface area contributed by atoms with Crippen LogP contribution >= 0.6 is 0 Å². The molecule has 3 aliphatic rings. The fourth-order valence-electron chi connectivity index (χ4n) is 5.72. The van der Waals surface area contributed by atoms with Gasteiger partial charge in [0.15, 0.2) is 0 Å². The number of ether oxygens (including phenoxy) is 1. The molecule has 160 valence electrons. The standard InChI is InChI=1S/C24H36N2O3/c1-17-9-11-20(12-10-17)29-23-8-5-7-22(24(23)28)25-15-13-21-19(16-25)6-3-4-14-26(21)18(2)27/h9-12,19,21-24,28H,3-8,13-16H2,1-2H3/t19-,21+,22-,23+,24+/m0/s1. The summed E-state index contributed by atoms with van der Waals surface area (Å²) in [6, 6.07) is 8.65. The number of likely N-dealkylation sites (tertiary alicyclic amines) is 2. The summed E-state index contributed by atoms with van der Waals surface area (Å²) < 4.78 is 6.19. The molecular formula is C24H36N2O3. The lowest BCUT2D eigenvalue weighted by molar-refractivity contribution is -0.134. The third-order valence-corrected chi connectivity index (χ3v) is 7.30. The number of carbonyl (C=O) groups excluding carboxylic acids is 1.